The maximum absolute atomic E-state index is 11.0. The van der Waals surface area contributed by atoms with E-state index in [0.717, 1.165) is 22.9 Å². The molecule has 110 valence electrons. The Labute approximate surface area is 134 Å². The summed E-state index contributed by atoms with van der Waals surface area (Å²) in [6.07, 6.45) is 1.30. The highest BCUT2D eigenvalue weighted by atomic mass is 79.9. The fourth-order valence-electron chi connectivity index (χ4n) is 3.42. The second kappa shape index (κ2) is 5.56. The normalized spacial score (nSPS) is 22.1. The zero-order chi connectivity index (χ0) is 15.0. The highest BCUT2D eigenvalue weighted by Crippen LogP contribution is 2.47. The molecule has 3 rings (SSSR count). The van der Waals surface area contributed by atoms with Crippen molar-refractivity contribution in [1.82, 2.24) is 0 Å². The zero-order valence-electron chi connectivity index (χ0n) is 12.1. The van der Waals surface area contributed by atoms with E-state index in [9.17, 15) is 5.11 Å². The molecule has 0 spiro atoms. The molecule has 1 aliphatic carbocycles. The van der Waals surface area contributed by atoms with Crippen LogP contribution in [0, 0.1) is 6.92 Å². The van der Waals surface area contributed by atoms with E-state index in [1.54, 1.807) is 0 Å². The highest BCUT2D eigenvalue weighted by Gasteiger charge is 2.44. The van der Waals surface area contributed by atoms with Crippen molar-refractivity contribution in [2.24, 2.45) is 5.73 Å². The van der Waals surface area contributed by atoms with Crippen molar-refractivity contribution in [1.29, 1.82) is 0 Å². The Bertz CT molecular complexity index is 670. The number of aliphatic hydroxyl groups is 1. The topological polar surface area (TPSA) is 46.2 Å². The molecule has 2 unspecified atom stereocenters. The van der Waals surface area contributed by atoms with Crippen LogP contribution in [-0.4, -0.2) is 11.7 Å². The van der Waals surface area contributed by atoms with Crippen LogP contribution in [0.3, 0.4) is 0 Å². The molecule has 0 heterocycles. The van der Waals surface area contributed by atoms with Gasteiger partial charge in [0.15, 0.2) is 0 Å². The second-order valence-corrected chi connectivity index (χ2v) is 6.78. The molecule has 3 heteroatoms. The van der Waals surface area contributed by atoms with Crippen LogP contribution in [0.5, 0.6) is 0 Å². The van der Waals surface area contributed by atoms with E-state index in [1.165, 1.54) is 16.7 Å². The Balaban J connectivity index is 2.06. The number of hydrogen-bond donors (Lipinski definition) is 2. The molecule has 0 aliphatic heterocycles. The largest absolute Gasteiger partial charge is 0.387 e. The van der Waals surface area contributed by atoms with Gasteiger partial charge >= 0.3 is 0 Å². The minimum Gasteiger partial charge on any atom is -0.387 e. The van der Waals surface area contributed by atoms with Gasteiger partial charge in [0.2, 0.25) is 0 Å². The average Bonchev–Trinajstić information content (AvgIpc) is 2.89. The van der Waals surface area contributed by atoms with Gasteiger partial charge in [0.25, 0.3) is 0 Å². The van der Waals surface area contributed by atoms with Crippen LogP contribution in [0.2, 0.25) is 0 Å². The third-order valence-corrected chi connectivity index (χ3v) is 5.65. The quantitative estimate of drug-likeness (QED) is 0.892. The van der Waals surface area contributed by atoms with Gasteiger partial charge in [-0.05, 0) is 48.1 Å². The first-order valence-electron chi connectivity index (χ1n) is 7.31. The van der Waals surface area contributed by atoms with Crippen LogP contribution in [0.4, 0.5) is 0 Å². The number of rotatable bonds is 3. The molecule has 2 aromatic carbocycles. The number of halogens is 1. The summed E-state index contributed by atoms with van der Waals surface area (Å²) < 4.78 is 1.03. The lowest BCUT2D eigenvalue weighted by molar-refractivity contribution is 0.0840. The van der Waals surface area contributed by atoms with Gasteiger partial charge in [-0.3, -0.25) is 0 Å². The van der Waals surface area contributed by atoms with Crippen LogP contribution in [0.15, 0.2) is 46.9 Å². The highest BCUT2D eigenvalue weighted by molar-refractivity contribution is 9.10. The third-order valence-electron chi connectivity index (χ3n) is 4.79. The van der Waals surface area contributed by atoms with Gasteiger partial charge in [-0.15, -0.1) is 0 Å². The molecule has 0 fully saturated rings. The SMILES string of the molecule is Cc1ccc(C(O)C2(CN)CCc3ccccc32)cc1Br. The Morgan fingerprint density at radius 3 is 2.76 bits per heavy atom. The number of benzene rings is 2. The lowest BCUT2D eigenvalue weighted by Gasteiger charge is -2.34. The van der Waals surface area contributed by atoms with Gasteiger partial charge in [-0.2, -0.15) is 0 Å². The van der Waals surface area contributed by atoms with E-state index in [-0.39, 0.29) is 5.41 Å². The van der Waals surface area contributed by atoms with E-state index < -0.39 is 6.10 Å². The van der Waals surface area contributed by atoms with Crippen LogP contribution < -0.4 is 5.73 Å². The summed E-state index contributed by atoms with van der Waals surface area (Å²) in [7, 11) is 0. The smallest absolute Gasteiger partial charge is 0.0899 e. The fraction of sp³-hybridized carbons (Fsp3) is 0.333. The van der Waals surface area contributed by atoms with Crippen LogP contribution in [0.1, 0.15) is 34.8 Å². The summed E-state index contributed by atoms with van der Waals surface area (Å²) in [5, 5.41) is 11.0. The number of nitrogens with two attached hydrogens (primary N) is 1. The zero-order valence-corrected chi connectivity index (χ0v) is 13.7. The summed E-state index contributed by atoms with van der Waals surface area (Å²) in [6.45, 7) is 2.50. The Kier molecular flexibility index (Phi) is 3.91. The fourth-order valence-corrected chi connectivity index (χ4v) is 3.82. The lowest BCUT2D eigenvalue weighted by atomic mass is 9.74. The summed E-state index contributed by atoms with van der Waals surface area (Å²) in [5.41, 5.74) is 10.4. The number of aryl methyl sites for hydroxylation is 2. The van der Waals surface area contributed by atoms with Gasteiger partial charge in [0.1, 0.15) is 0 Å². The molecule has 0 saturated heterocycles. The first kappa shape index (κ1) is 14.8. The van der Waals surface area contributed by atoms with Crippen molar-refractivity contribution >= 4 is 15.9 Å². The molecule has 0 radical (unpaired) electrons. The van der Waals surface area contributed by atoms with E-state index in [1.807, 2.05) is 31.2 Å². The summed E-state index contributed by atoms with van der Waals surface area (Å²) in [4.78, 5) is 0. The van der Waals surface area contributed by atoms with Gasteiger partial charge < -0.3 is 10.8 Å². The Morgan fingerprint density at radius 2 is 2.05 bits per heavy atom. The predicted octanol–water partition coefficient (Wildman–Crippen LogP) is 3.63. The first-order chi connectivity index (χ1) is 10.1. The van der Waals surface area contributed by atoms with Gasteiger partial charge in [0.05, 0.1) is 6.10 Å². The molecule has 2 atom stereocenters. The third kappa shape index (κ3) is 2.33. The summed E-state index contributed by atoms with van der Waals surface area (Å²) in [5.74, 6) is 0. The molecular weight excluding hydrogens is 326 g/mol. The van der Waals surface area contributed by atoms with E-state index in [0.29, 0.717) is 6.54 Å². The molecule has 2 nitrogen and oxygen atoms in total. The molecule has 1 aliphatic rings. The molecule has 0 bridgehead atoms. The van der Waals surface area contributed by atoms with Gasteiger partial charge in [-0.25, -0.2) is 0 Å². The average molecular weight is 346 g/mol. The monoisotopic (exact) mass is 345 g/mol. The van der Waals surface area contributed by atoms with E-state index in [2.05, 4.69) is 34.1 Å². The lowest BCUT2D eigenvalue weighted by Crippen LogP contribution is -2.39. The minimum atomic E-state index is -0.581. The van der Waals surface area contributed by atoms with Crippen molar-refractivity contribution in [2.75, 3.05) is 6.54 Å². The molecule has 0 saturated carbocycles. The number of hydrogen-bond acceptors (Lipinski definition) is 2. The molecule has 3 N–H and O–H groups in total. The molecule has 21 heavy (non-hydrogen) atoms. The first-order valence-corrected chi connectivity index (χ1v) is 8.10. The minimum absolute atomic E-state index is 0.370. The second-order valence-electron chi connectivity index (χ2n) is 5.93. The molecular formula is C18H20BrNO. The summed E-state index contributed by atoms with van der Waals surface area (Å²) in [6, 6.07) is 14.4. The van der Waals surface area contributed by atoms with Crippen molar-refractivity contribution in [3.8, 4) is 0 Å². The summed E-state index contributed by atoms with van der Waals surface area (Å²) >= 11 is 3.55. The van der Waals surface area contributed by atoms with Gasteiger partial charge in [-0.1, -0.05) is 52.3 Å². The van der Waals surface area contributed by atoms with Crippen LogP contribution in [-0.2, 0) is 11.8 Å². The van der Waals surface area contributed by atoms with Gasteiger partial charge in [0, 0.05) is 16.4 Å². The maximum Gasteiger partial charge on any atom is 0.0899 e. The number of fused-ring (bicyclic) bond motifs is 1. The maximum atomic E-state index is 11.0. The van der Waals surface area contributed by atoms with Crippen LogP contribution >= 0.6 is 15.9 Å². The van der Waals surface area contributed by atoms with Crippen molar-refractivity contribution in [3.05, 3.63) is 69.2 Å². The van der Waals surface area contributed by atoms with Crippen LogP contribution in [0.25, 0.3) is 0 Å². The molecule has 0 aromatic heterocycles. The van der Waals surface area contributed by atoms with Crippen molar-refractivity contribution in [2.45, 2.75) is 31.3 Å². The standard InChI is InChI=1S/C18H20BrNO/c1-12-6-7-14(10-16(12)19)17(21)18(11-20)9-8-13-4-2-3-5-15(13)18/h2-7,10,17,21H,8-9,11,20H2,1H3. The molecule has 2 aromatic rings. The van der Waals surface area contributed by atoms with Crippen molar-refractivity contribution in [3.63, 3.8) is 0 Å². The Hall–Kier alpha value is -1.16. The predicted molar refractivity (Wildman–Crippen MR) is 89.3 cm³/mol. The van der Waals surface area contributed by atoms with Crippen molar-refractivity contribution < 1.29 is 5.11 Å². The van der Waals surface area contributed by atoms with E-state index in [4.69, 9.17) is 5.73 Å². The Morgan fingerprint density at radius 1 is 1.29 bits per heavy atom. The number of aliphatic hydroxyl groups excluding tert-OH is 1. The molecule has 0 amide bonds. The van der Waals surface area contributed by atoms with E-state index >= 15 is 0 Å².